The van der Waals surface area contributed by atoms with E-state index in [2.05, 4.69) is 121 Å². The SMILES string of the molecule is CN(c1ccc(-c2cccc3ccccc23)cc1)c1ccc2ccccc2c1. The van der Waals surface area contributed by atoms with E-state index in [1.807, 2.05) is 0 Å². The Bertz CT molecular complexity index is 1260. The van der Waals surface area contributed by atoms with Crippen LogP contribution in [0.3, 0.4) is 0 Å². The second kappa shape index (κ2) is 6.86. The summed E-state index contributed by atoms with van der Waals surface area (Å²) in [5.41, 5.74) is 4.89. The highest BCUT2D eigenvalue weighted by Gasteiger charge is 2.07. The molecule has 5 aromatic rings. The van der Waals surface area contributed by atoms with E-state index in [0.717, 1.165) is 0 Å². The van der Waals surface area contributed by atoms with Crippen LogP contribution in [0.25, 0.3) is 32.7 Å². The van der Waals surface area contributed by atoms with Gasteiger partial charge < -0.3 is 4.90 Å². The quantitative estimate of drug-likeness (QED) is 0.324. The molecule has 0 atom stereocenters. The van der Waals surface area contributed by atoms with E-state index in [4.69, 9.17) is 0 Å². The summed E-state index contributed by atoms with van der Waals surface area (Å²) in [5, 5.41) is 5.10. The van der Waals surface area contributed by atoms with Gasteiger partial charge in [0.1, 0.15) is 0 Å². The van der Waals surface area contributed by atoms with Gasteiger partial charge in [0.05, 0.1) is 0 Å². The predicted molar refractivity (Wildman–Crippen MR) is 121 cm³/mol. The van der Waals surface area contributed by atoms with Crippen molar-refractivity contribution in [1.82, 2.24) is 0 Å². The second-order valence-electron chi connectivity index (χ2n) is 7.16. The first-order valence-electron chi connectivity index (χ1n) is 9.60. The van der Waals surface area contributed by atoms with E-state index in [1.54, 1.807) is 0 Å². The molecule has 0 unspecified atom stereocenters. The predicted octanol–water partition coefficient (Wildman–Crippen LogP) is 7.43. The molecule has 0 bridgehead atoms. The molecule has 0 saturated heterocycles. The van der Waals surface area contributed by atoms with Crippen molar-refractivity contribution in [3.63, 3.8) is 0 Å². The van der Waals surface area contributed by atoms with Gasteiger partial charge in [-0.25, -0.2) is 0 Å². The van der Waals surface area contributed by atoms with Gasteiger partial charge in [-0.1, -0.05) is 84.9 Å². The van der Waals surface area contributed by atoms with Gasteiger partial charge in [-0.2, -0.15) is 0 Å². The van der Waals surface area contributed by atoms with Gasteiger partial charge in [0.15, 0.2) is 0 Å². The molecule has 28 heavy (non-hydrogen) atoms. The van der Waals surface area contributed by atoms with Crippen LogP contribution < -0.4 is 4.90 Å². The minimum Gasteiger partial charge on any atom is -0.345 e. The summed E-state index contributed by atoms with van der Waals surface area (Å²) in [6.07, 6.45) is 0. The first-order chi connectivity index (χ1) is 13.8. The highest BCUT2D eigenvalue weighted by atomic mass is 15.1. The molecule has 0 N–H and O–H groups in total. The largest absolute Gasteiger partial charge is 0.345 e. The van der Waals surface area contributed by atoms with Crippen molar-refractivity contribution in [2.45, 2.75) is 0 Å². The van der Waals surface area contributed by atoms with Crippen LogP contribution in [0.1, 0.15) is 0 Å². The van der Waals surface area contributed by atoms with Crippen molar-refractivity contribution in [3.8, 4) is 11.1 Å². The van der Waals surface area contributed by atoms with Gasteiger partial charge in [0, 0.05) is 18.4 Å². The van der Waals surface area contributed by atoms with Gasteiger partial charge in [0.25, 0.3) is 0 Å². The third-order valence-electron chi connectivity index (χ3n) is 5.48. The minimum atomic E-state index is 1.18. The highest BCUT2D eigenvalue weighted by molar-refractivity contribution is 5.96. The third-order valence-corrected chi connectivity index (χ3v) is 5.48. The van der Waals surface area contributed by atoms with Crippen LogP contribution in [0, 0.1) is 0 Å². The molecule has 0 aliphatic rings. The van der Waals surface area contributed by atoms with Crippen LogP contribution in [-0.4, -0.2) is 7.05 Å². The standard InChI is InChI=1S/C27H21N/c1-28(25-18-13-20-7-2-3-9-23(20)19-25)24-16-14-22(15-17-24)27-12-6-10-21-8-4-5-11-26(21)27/h2-19H,1H3. The molecule has 0 radical (unpaired) electrons. The summed E-state index contributed by atoms with van der Waals surface area (Å²) >= 11 is 0. The van der Waals surface area contributed by atoms with E-state index in [9.17, 15) is 0 Å². The zero-order valence-corrected chi connectivity index (χ0v) is 15.8. The molecule has 0 aliphatic carbocycles. The van der Waals surface area contributed by atoms with Gasteiger partial charge in [0.2, 0.25) is 0 Å². The summed E-state index contributed by atoms with van der Waals surface area (Å²) in [5.74, 6) is 0. The fourth-order valence-electron chi connectivity index (χ4n) is 3.88. The number of fused-ring (bicyclic) bond motifs is 2. The summed E-state index contributed by atoms with van der Waals surface area (Å²) < 4.78 is 0. The number of nitrogens with zero attached hydrogens (tertiary/aromatic N) is 1. The lowest BCUT2D eigenvalue weighted by atomic mass is 9.98. The van der Waals surface area contributed by atoms with Crippen molar-refractivity contribution in [1.29, 1.82) is 0 Å². The lowest BCUT2D eigenvalue weighted by Crippen LogP contribution is -2.09. The molecule has 0 amide bonds. The van der Waals surface area contributed by atoms with Crippen LogP contribution in [0.5, 0.6) is 0 Å². The highest BCUT2D eigenvalue weighted by Crippen LogP contribution is 2.32. The molecule has 5 aromatic carbocycles. The van der Waals surface area contributed by atoms with Crippen molar-refractivity contribution in [2.75, 3.05) is 11.9 Å². The van der Waals surface area contributed by atoms with Crippen molar-refractivity contribution < 1.29 is 0 Å². The fourth-order valence-corrected chi connectivity index (χ4v) is 3.88. The monoisotopic (exact) mass is 359 g/mol. The lowest BCUT2D eigenvalue weighted by Gasteiger charge is -2.20. The smallest absolute Gasteiger partial charge is 0.0414 e. The Kier molecular flexibility index (Phi) is 4.06. The number of rotatable bonds is 3. The maximum atomic E-state index is 2.24. The zero-order chi connectivity index (χ0) is 18.9. The Morgan fingerprint density at radius 1 is 0.500 bits per heavy atom. The summed E-state index contributed by atoms with van der Waals surface area (Å²) in [6.45, 7) is 0. The second-order valence-corrected chi connectivity index (χ2v) is 7.16. The van der Waals surface area contributed by atoms with E-state index in [1.165, 1.54) is 44.0 Å². The van der Waals surface area contributed by atoms with Gasteiger partial charge in [-0.15, -0.1) is 0 Å². The number of hydrogen-bond acceptors (Lipinski definition) is 1. The molecule has 0 saturated carbocycles. The first kappa shape index (κ1) is 16.6. The van der Waals surface area contributed by atoms with Crippen molar-refractivity contribution in [2.24, 2.45) is 0 Å². The number of anilines is 2. The molecular weight excluding hydrogens is 338 g/mol. The van der Waals surface area contributed by atoms with E-state index in [0.29, 0.717) is 0 Å². The van der Waals surface area contributed by atoms with Crippen LogP contribution >= 0.6 is 0 Å². The first-order valence-corrected chi connectivity index (χ1v) is 9.60. The van der Waals surface area contributed by atoms with Crippen LogP contribution in [0.4, 0.5) is 11.4 Å². The lowest BCUT2D eigenvalue weighted by molar-refractivity contribution is 1.21. The van der Waals surface area contributed by atoms with Crippen LogP contribution in [0.15, 0.2) is 109 Å². The van der Waals surface area contributed by atoms with Crippen molar-refractivity contribution in [3.05, 3.63) is 109 Å². The Hall–Kier alpha value is -3.58. The molecule has 0 spiro atoms. The molecule has 0 heterocycles. The fraction of sp³-hybridized carbons (Fsp3) is 0.0370. The molecular formula is C27H21N. The molecule has 0 aromatic heterocycles. The normalized spacial score (nSPS) is 11.0. The summed E-state index contributed by atoms with van der Waals surface area (Å²) in [4.78, 5) is 2.24. The van der Waals surface area contributed by atoms with Gasteiger partial charge >= 0.3 is 0 Å². The zero-order valence-electron chi connectivity index (χ0n) is 15.8. The Morgan fingerprint density at radius 2 is 1.14 bits per heavy atom. The summed E-state index contributed by atoms with van der Waals surface area (Å²) in [6, 6.07) is 39.0. The average Bonchev–Trinajstić information content (AvgIpc) is 2.78. The van der Waals surface area contributed by atoms with E-state index < -0.39 is 0 Å². The average molecular weight is 359 g/mol. The molecule has 5 rings (SSSR count). The molecule has 0 fully saturated rings. The number of hydrogen-bond donors (Lipinski definition) is 0. The molecule has 0 aliphatic heterocycles. The third kappa shape index (κ3) is 2.91. The van der Waals surface area contributed by atoms with Crippen LogP contribution in [-0.2, 0) is 0 Å². The number of benzene rings is 5. The maximum absolute atomic E-state index is 2.24. The summed E-state index contributed by atoms with van der Waals surface area (Å²) in [7, 11) is 2.12. The van der Waals surface area contributed by atoms with Gasteiger partial charge in [-0.05, 0) is 56.9 Å². The van der Waals surface area contributed by atoms with E-state index in [-0.39, 0.29) is 0 Å². The van der Waals surface area contributed by atoms with Gasteiger partial charge in [-0.3, -0.25) is 0 Å². The minimum absolute atomic E-state index is 1.18. The molecule has 134 valence electrons. The Balaban J connectivity index is 1.50. The molecule has 1 heteroatoms. The molecule has 1 nitrogen and oxygen atoms in total. The Morgan fingerprint density at radius 3 is 1.96 bits per heavy atom. The van der Waals surface area contributed by atoms with E-state index >= 15 is 0 Å². The van der Waals surface area contributed by atoms with Crippen LogP contribution in [0.2, 0.25) is 0 Å². The Labute approximate surface area is 165 Å². The van der Waals surface area contributed by atoms with Crippen molar-refractivity contribution >= 4 is 32.9 Å². The maximum Gasteiger partial charge on any atom is 0.0414 e. The topological polar surface area (TPSA) is 3.24 Å².